The van der Waals surface area contributed by atoms with Crippen LogP contribution in [0.3, 0.4) is 0 Å². The second-order valence-corrected chi connectivity index (χ2v) is 6.70. The fourth-order valence-corrected chi connectivity index (χ4v) is 3.71. The summed E-state index contributed by atoms with van der Waals surface area (Å²) in [5.74, 6) is -0.321. The number of hydrogen-bond donors (Lipinski definition) is 0. The molecule has 8 heteroatoms. The van der Waals surface area contributed by atoms with E-state index in [1.54, 1.807) is 48.9 Å². The van der Waals surface area contributed by atoms with Gasteiger partial charge in [0.15, 0.2) is 4.80 Å². The molecule has 0 spiro atoms. The van der Waals surface area contributed by atoms with Crippen LogP contribution in [0.15, 0.2) is 47.5 Å². The van der Waals surface area contributed by atoms with Crippen LogP contribution in [0.1, 0.15) is 22.8 Å². The lowest BCUT2D eigenvalue weighted by Crippen LogP contribution is -2.23. The van der Waals surface area contributed by atoms with Crippen molar-refractivity contribution >= 4 is 33.4 Å². The second-order valence-electron chi connectivity index (χ2n) is 5.69. The van der Waals surface area contributed by atoms with Crippen molar-refractivity contribution in [1.82, 2.24) is 4.57 Å². The predicted octanol–water partition coefficient (Wildman–Crippen LogP) is 2.89. The van der Waals surface area contributed by atoms with Gasteiger partial charge in [0.25, 0.3) is 5.91 Å². The molecule has 0 aliphatic carbocycles. The number of benzene rings is 2. The third-order valence-corrected chi connectivity index (χ3v) is 4.98. The topological polar surface area (TPSA) is 93.7 Å². The highest BCUT2D eigenvalue weighted by molar-refractivity contribution is 7.16. The molecule has 7 nitrogen and oxygen atoms in total. The van der Waals surface area contributed by atoms with Crippen molar-refractivity contribution < 1.29 is 19.1 Å². The Morgan fingerprint density at radius 2 is 1.96 bits per heavy atom. The summed E-state index contributed by atoms with van der Waals surface area (Å²) in [6.07, 6.45) is 0. The van der Waals surface area contributed by atoms with E-state index in [9.17, 15) is 9.59 Å². The Kier molecular flexibility index (Phi) is 5.87. The average molecular weight is 395 g/mol. The minimum absolute atomic E-state index is 0.0896. The van der Waals surface area contributed by atoms with Crippen molar-refractivity contribution in [2.45, 2.75) is 13.5 Å². The summed E-state index contributed by atoms with van der Waals surface area (Å²) >= 11 is 1.28. The first-order valence-corrected chi connectivity index (χ1v) is 9.30. The molecule has 0 saturated heterocycles. The van der Waals surface area contributed by atoms with Crippen LogP contribution in [0, 0.1) is 11.3 Å². The predicted molar refractivity (Wildman–Crippen MR) is 104 cm³/mol. The highest BCUT2D eigenvalue weighted by Gasteiger charge is 2.16. The third-order valence-electron chi connectivity index (χ3n) is 3.93. The van der Waals surface area contributed by atoms with Crippen molar-refractivity contribution in [1.29, 1.82) is 5.26 Å². The highest BCUT2D eigenvalue weighted by Crippen LogP contribution is 2.27. The van der Waals surface area contributed by atoms with E-state index < -0.39 is 11.9 Å². The molecule has 2 aromatic carbocycles. The molecule has 0 bridgehead atoms. The zero-order chi connectivity index (χ0) is 20.1. The Labute approximate surface area is 165 Å². The summed E-state index contributed by atoms with van der Waals surface area (Å²) in [5, 5.41) is 8.88. The summed E-state index contributed by atoms with van der Waals surface area (Å²) < 4.78 is 12.9. The molecule has 3 aromatic rings. The van der Waals surface area contributed by atoms with E-state index >= 15 is 0 Å². The van der Waals surface area contributed by atoms with Gasteiger partial charge in [0.2, 0.25) is 0 Å². The number of ether oxygens (including phenoxy) is 2. The van der Waals surface area contributed by atoms with Crippen LogP contribution in [0.25, 0.3) is 10.2 Å². The zero-order valence-corrected chi connectivity index (χ0v) is 16.2. The van der Waals surface area contributed by atoms with Gasteiger partial charge in [-0.1, -0.05) is 17.4 Å². The van der Waals surface area contributed by atoms with Gasteiger partial charge in [0.05, 0.1) is 30.0 Å². The number of amides is 1. The van der Waals surface area contributed by atoms with Crippen LogP contribution in [0.5, 0.6) is 5.75 Å². The first-order valence-electron chi connectivity index (χ1n) is 8.48. The molecule has 0 saturated carbocycles. The van der Waals surface area contributed by atoms with E-state index in [0.29, 0.717) is 27.2 Å². The number of nitriles is 1. The number of nitrogens with zero attached hydrogens (tertiary/aromatic N) is 3. The summed E-state index contributed by atoms with van der Waals surface area (Å²) in [4.78, 5) is 29.3. The third kappa shape index (κ3) is 3.94. The molecule has 142 valence electrons. The minimum atomic E-state index is -0.465. The lowest BCUT2D eigenvalue weighted by Gasteiger charge is -2.08. The van der Waals surface area contributed by atoms with Crippen molar-refractivity contribution in [2.24, 2.45) is 4.99 Å². The Balaban J connectivity index is 2.12. The lowest BCUT2D eigenvalue weighted by molar-refractivity contribution is -0.143. The molecule has 28 heavy (non-hydrogen) atoms. The van der Waals surface area contributed by atoms with Crippen LogP contribution in [0.4, 0.5) is 0 Å². The number of esters is 1. The maximum Gasteiger partial charge on any atom is 0.326 e. The van der Waals surface area contributed by atoms with E-state index in [1.165, 1.54) is 11.3 Å². The van der Waals surface area contributed by atoms with Crippen LogP contribution in [0.2, 0.25) is 0 Å². The summed E-state index contributed by atoms with van der Waals surface area (Å²) in [6.45, 7) is 1.90. The fourth-order valence-electron chi connectivity index (χ4n) is 2.67. The van der Waals surface area contributed by atoms with Crippen molar-refractivity contribution in [3.63, 3.8) is 0 Å². The number of hydrogen-bond acceptors (Lipinski definition) is 6. The summed E-state index contributed by atoms with van der Waals surface area (Å²) in [5.41, 5.74) is 1.49. The normalized spacial score (nSPS) is 11.2. The van der Waals surface area contributed by atoms with Crippen molar-refractivity contribution in [2.75, 3.05) is 13.7 Å². The molecule has 1 amide bonds. The molecule has 0 radical (unpaired) electrons. The Bertz CT molecular complexity index is 1140. The highest BCUT2D eigenvalue weighted by atomic mass is 32.1. The van der Waals surface area contributed by atoms with Crippen molar-refractivity contribution in [3.05, 3.63) is 58.4 Å². The number of para-hydroxylation sites is 1. The Morgan fingerprint density at radius 1 is 1.21 bits per heavy atom. The molecular weight excluding hydrogens is 378 g/mol. The second kappa shape index (κ2) is 8.50. The molecule has 1 heterocycles. The number of thiazole rings is 1. The maximum atomic E-state index is 12.6. The Morgan fingerprint density at radius 3 is 2.61 bits per heavy atom. The Hall–Kier alpha value is -3.44. The molecule has 3 rings (SSSR count). The van der Waals surface area contributed by atoms with E-state index in [1.807, 2.05) is 18.2 Å². The number of carbonyl (C=O) groups excluding carboxylic acids is 2. The van der Waals surface area contributed by atoms with Crippen LogP contribution < -0.4 is 9.54 Å². The zero-order valence-electron chi connectivity index (χ0n) is 15.3. The van der Waals surface area contributed by atoms with E-state index in [4.69, 9.17) is 14.7 Å². The van der Waals surface area contributed by atoms with Gasteiger partial charge in [-0.25, -0.2) is 0 Å². The van der Waals surface area contributed by atoms with E-state index in [2.05, 4.69) is 4.99 Å². The van der Waals surface area contributed by atoms with Crippen LogP contribution in [-0.2, 0) is 16.1 Å². The van der Waals surface area contributed by atoms with Crippen LogP contribution >= 0.6 is 11.3 Å². The average Bonchev–Trinajstić information content (AvgIpc) is 3.05. The molecule has 0 aliphatic rings. The SMILES string of the molecule is CCOC(=O)Cn1c(=NC(=O)c2ccc(C#N)cc2)sc2cccc(OC)c21. The maximum absolute atomic E-state index is 12.6. The van der Waals surface area contributed by atoms with E-state index in [-0.39, 0.29) is 13.2 Å². The van der Waals surface area contributed by atoms with Crippen LogP contribution in [-0.4, -0.2) is 30.2 Å². The minimum Gasteiger partial charge on any atom is -0.495 e. The molecular formula is C20H17N3O4S. The number of rotatable bonds is 5. The summed E-state index contributed by atoms with van der Waals surface area (Å²) in [7, 11) is 1.54. The van der Waals surface area contributed by atoms with Gasteiger partial charge in [-0.15, -0.1) is 0 Å². The van der Waals surface area contributed by atoms with Gasteiger partial charge in [-0.2, -0.15) is 10.3 Å². The fraction of sp³-hybridized carbons (Fsp3) is 0.200. The quantitative estimate of drug-likeness (QED) is 0.619. The van der Waals surface area contributed by atoms with Gasteiger partial charge < -0.3 is 14.0 Å². The van der Waals surface area contributed by atoms with Gasteiger partial charge >= 0.3 is 5.97 Å². The monoisotopic (exact) mass is 395 g/mol. The molecule has 0 N–H and O–H groups in total. The molecule has 0 fully saturated rings. The standard InChI is InChI=1S/C20H17N3O4S/c1-3-27-17(24)12-23-18-15(26-2)5-4-6-16(18)28-20(23)22-19(25)14-9-7-13(11-21)8-10-14/h4-10H,3,12H2,1-2H3. The summed E-state index contributed by atoms with van der Waals surface area (Å²) in [6, 6.07) is 13.7. The van der Waals surface area contributed by atoms with Gasteiger partial charge in [-0.05, 0) is 43.3 Å². The largest absolute Gasteiger partial charge is 0.495 e. The first-order chi connectivity index (χ1) is 13.6. The number of methoxy groups -OCH3 is 1. The van der Waals surface area contributed by atoms with E-state index in [0.717, 1.165) is 4.70 Å². The molecule has 1 aromatic heterocycles. The number of carbonyl (C=O) groups is 2. The number of aromatic nitrogens is 1. The van der Waals surface area contributed by atoms with Gasteiger partial charge in [0, 0.05) is 5.56 Å². The molecule has 0 aliphatic heterocycles. The van der Waals surface area contributed by atoms with Crippen molar-refractivity contribution in [3.8, 4) is 11.8 Å². The molecule has 0 unspecified atom stereocenters. The lowest BCUT2D eigenvalue weighted by atomic mass is 10.1. The smallest absolute Gasteiger partial charge is 0.326 e. The van der Waals surface area contributed by atoms with Gasteiger partial charge in [-0.3, -0.25) is 9.59 Å². The first kappa shape index (κ1) is 19.3. The van der Waals surface area contributed by atoms with Gasteiger partial charge in [0.1, 0.15) is 17.8 Å². The molecule has 0 atom stereocenters. The number of fused-ring (bicyclic) bond motifs is 1.